The van der Waals surface area contributed by atoms with E-state index < -0.39 is 60.6 Å². The van der Waals surface area contributed by atoms with Gasteiger partial charge in [-0.1, -0.05) is 6.07 Å². The highest BCUT2D eigenvalue weighted by Gasteiger charge is 2.55. The van der Waals surface area contributed by atoms with Gasteiger partial charge in [0.15, 0.2) is 29.8 Å². The van der Waals surface area contributed by atoms with Crippen molar-refractivity contribution in [1.29, 1.82) is 0 Å². The first-order chi connectivity index (χ1) is 17.3. The molecule has 0 bridgehead atoms. The van der Waals surface area contributed by atoms with Gasteiger partial charge in [0.25, 0.3) is 5.97 Å². The van der Waals surface area contributed by atoms with Gasteiger partial charge in [-0.05, 0) is 30.7 Å². The molecule has 0 unspecified atom stereocenters. The van der Waals surface area contributed by atoms with E-state index in [2.05, 4.69) is 0 Å². The van der Waals surface area contributed by atoms with E-state index in [-0.39, 0.29) is 11.5 Å². The number of benzene rings is 1. The number of carboxylic acid groups (broad SMARTS) is 1. The van der Waals surface area contributed by atoms with Crippen molar-refractivity contribution in [1.82, 2.24) is 0 Å². The van der Waals surface area contributed by atoms with E-state index in [1.165, 1.54) is 12.1 Å². The first-order valence-corrected chi connectivity index (χ1v) is 10.9. The van der Waals surface area contributed by atoms with E-state index in [1.807, 2.05) is 0 Å². The molecular weight excluding hydrogens is 498 g/mol. The molecule has 0 amide bonds. The van der Waals surface area contributed by atoms with Crippen molar-refractivity contribution in [3.05, 3.63) is 23.8 Å². The Hall–Kier alpha value is -3.91. The third-order valence-corrected chi connectivity index (χ3v) is 4.53. The van der Waals surface area contributed by atoms with Crippen LogP contribution in [0.15, 0.2) is 18.2 Å². The normalized spacial score (nSPS) is 22.4. The predicted molar refractivity (Wildman–Crippen MR) is 122 cm³/mol. The number of rotatable bonds is 8. The minimum Gasteiger partial charge on any atom is -0.504 e. The molecule has 37 heavy (non-hydrogen) atoms. The van der Waals surface area contributed by atoms with Crippen molar-refractivity contribution in [3.63, 3.8) is 0 Å². The largest absolute Gasteiger partial charge is 0.504 e. The number of aliphatic carboxylic acids is 1. The van der Waals surface area contributed by atoms with Gasteiger partial charge in [0.2, 0.25) is 12.4 Å². The Morgan fingerprint density at radius 2 is 1.43 bits per heavy atom. The third-order valence-electron chi connectivity index (χ3n) is 4.53. The summed E-state index contributed by atoms with van der Waals surface area (Å²) in [4.78, 5) is 56.7. The molecule has 1 heterocycles. The summed E-state index contributed by atoms with van der Waals surface area (Å²) in [5.74, 6) is -4.57. The average molecular weight is 529 g/mol. The van der Waals surface area contributed by atoms with Crippen LogP contribution in [0.3, 0.4) is 0 Å². The molecule has 5 atom stereocenters. The number of phenols is 1. The topological polar surface area (TPSA) is 207 Å². The molecule has 14 nitrogen and oxygen atoms in total. The third kappa shape index (κ3) is 9.93. The Bertz CT molecular complexity index is 975. The smallest absolute Gasteiger partial charge is 0.339 e. The SMILES string of the molecule is CC(=O)O.COC(=O)[C@H]1O[C@@H](Oc2ccc(CCN)cc2O)[C@H](OC(C)=O)[C@@H](OC(C)=O)[C@@H]1OC(C)=O. The minimum atomic E-state index is -1.60. The van der Waals surface area contributed by atoms with Crippen LogP contribution in [0.5, 0.6) is 11.5 Å². The van der Waals surface area contributed by atoms with Crippen LogP contribution in [0.4, 0.5) is 0 Å². The number of carbonyl (C=O) groups is 5. The van der Waals surface area contributed by atoms with Crippen LogP contribution in [0.2, 0.25) is 0 Å². The van der Waals surface area contributed by atoms with Gasteiger partial charge in [-0.2, -0.15) is 0 Å². The molecule has 0 aliphatic carbocycles. The lowest BCUT2D eigenvalue weighted by Gasteiger charge is -2.43. The minimum absolute atomic E-state index is 0.0750. The molecule has 1 saturated heterocycles. The number of hydrogen-bond donors (Lipinski definition) is 3. The summed E-state index contributed by atoms with van der Waals surface area (Å²) in [6.07, 6.45) is -7.12. The first kappa shape index (κ1) is 31.1. The van der Waals surface area contributed by atoms with Gasteiger partial charge in [0.05, 0.1) is 7.11 Å². The van der Waals surface area contributed by atoms with Crippen LogP contribution in [-0.2, 0) is 54.1 Å². The second-order valence-corrected chi connectivity index (χ2v) is 7.65. The molecule has 1 fully saturated rings. The Kier molecular flexibility index (Phi) is 12.3. The fourth-order valence-electron chi connectivity index (χ4n) is 3.28. The summed E-state index contributed by atoms with van der Waals surface area (Å²) in [5.41, 5.74) is 6.26. The summed E-state index contributed by atoms with van der Waals surface area (Å²) in [6, 6.07) is 4.50. The number of esters is 4. The molecule has 1 aliphatic heterocycles. The highest BCUT2D eigenvalue weighted by atomic mass is 16.7. The van der Waals surface area contributed by atoms with E-state index in [4.69, 9.17) is 44.1 Å². The van der Waals surface area contributed by atoms with Gasteiger partial charge < -0.3 is 44.4 Å². The maximum atomic E-state index is 12.4. The fourth-order valence-corrected chi connectivity index (χ4v) is 3.28. The predicted octanol–water partition coefficient (Wildman–Crippen LogP) is 0.0561. The molecule has 1 aromatic carbocycles. The molecule has 0 spiro atoms. The molecule has 0 aromatic heterocycles. The molecule has 206 valence electrons. The van der Waals surface area contributed by atoms with Crippen LogP contribution in [0.1, 0.15) is 33.3 Å². The highest BCUT2D eigenvalue weighted by Crippen LogP contribution is 2.34. The van der Waals surface area contributed by atoms with Gasteiger partial charge in [-0.3, -0.25) is 19.2 Å². The van der Waals surface area contributed by atoms with Crippen molar-refractivity contribution in [2.45, 2.75) is 64.8 Å². The van der Waals surface area contributed by atoms with Crippen LogP contribution < -0.4 is 10.5 Å². The average Bonchev–Trinajstić information content (AvgIpc) is 2.77. The summed E-state index contributed by atoms with van der Waals surface area (Å²) < 4.78 is 31.7. The van der Waals surface area contributed by atoms with Gasteiger partial charge in [-0.15, -0.1) is 0 Å². The summed E-state index contributed by atoms with van der Waals surface area (Å²) >= 11 is 0. The summed E-state index contributed by atoms with van der Waals surface area (Å²) in [6.45, 7) is 4.69. The fraction of sp³-hybridized carbons (Fsp3) is 0.522. The molecule has 4 N–H and O–H groups in total. The Morgan fingerprint density at radius 1 is 0.919 bits per heavy atom. The van der Waals surface area contributed by atoms with Crippen molar-refractivity contribution < 1.29 is 62.6 Å². The first-order valence-electron chi connectivity index (χ1n) is 10.9. The molecule has 1 aliphatic rings. The molecule has 14 heteroatoms. The van der Waals surface area contributed by atoms with E-state index in [0.717, 1.165) is 40.4 Å². The number of carboxylic acids is 1. The number of phenolic OH excluding ortho intramolecular Hbond substituents is 1. The lowest BCUT2D eigenvalue weighted by atomic mass is 9.97. The van der Waals surface area contributed by atoms with Crippen LogP contribution in [0.25, 0.3) is 0 Å². The molecule has 0 saturated carbocycles. The van der Waals surface area contributed by atoms with Gasteiger partial charge in [0.1, 0.15) is 0 Å². The number of hydrogen-bond acceptors (Lipinski definition) is 13. The number of nitrogens with two attached hydrogens (primary N) is 1. The number of ether oxygens (including phenoxy) is 6. The van der Waals surface area contributed by atoms with Gasteiger partial charge in [0, 0.05) is 27.7 Å². The zero-order valence-electron chi connectivity index (χ0n) is 21.0. The summed E-state index contributed by atoms with van der Waals surface area (Å²) in [5, 5.41) is 17.8. The quantitative estimate of drug-likeness (QED) is 0.300. The molecule has 0 radical (unpaired) electrons. The van der Waals surface area contributed by atoms with Gasteiger partial charge >= 0.3 is 23.9 Å². The Balaban J connectivity index is 0.00000159. The van der Waals surface area contributed by atoms with E-state index in [0.29, 0.717) is 13.0 Å². The van der Waals surface area contributed by atoms with E-state index in [9.17, 15) is 24.3 Å². The lowest BCUT2D eigenvalue weighted by molar-refractivity contribution is -0.282. The number of methoxy groups -OCH3 is 1. The van der Waals surface area contributed by atoms with Crippen molar-refractivity contribution in [2.75, 3.05) is 13.7 Å². The van der Waals surface area contributed by atoms with Crippen molar-refractivity contribution >= 4 is 29.8 Å². The second kappa shape index (κ2) is 14.6. The number of carbonyl (C=O) groups excluding carboxylic acids is 4. The van der Waals surface area contributed by atoms with E-state index in [1.54, 1.807) is 6.07 Å². The second-order valence-electron chi connectivity index (χ2n) is 7.65. The standard InChI is InChI=1S/C21H27NO11.C2H4O2/c1-10(23)29-16-17(30-11(2)24)19(31-12(3)25)21(33-18(16)20(27)28-4)32-15-6-5-13(7-8-22)9-14(15)26;1-2(3)4/h5-6,9,16-19,21,26H,7-8,22H2,1-4H3;1H3,(H,3,4)/t16-,17-,18-,19+,21+;/m0./s1. The van der Waals surface area contributed by atoms with Crippen molar-refractivity contribution in [3.8, 4) is 11.5 Å². The summed E-state index contributed by atoms with van der Waals surface area (Å²) in [7, 11) is 1.08. The van der Waals surface area contributed by atoms with Gasteiger partial charge in [-0.25, -0.2) is 4.79 Å². The highest BCUT2D eigenvalue weighted by molar-refractivity contribution is 5.77. The van der Waals surface area contributed by atoms with Crippen LogP contribution >= 0.6 is 0 Å². The van der Waals surface area contributed by atoms with Crippen LogP contribution in [-0.4, -0.2) is 84.4 Å². The zero-order valence-corrected chi connectivity index (χ0v) is 21.0. The van der Waals surface area contributed by atoms with E-state index >= 15 is 0 Å². The number of aromatic hydroxyl groups is 1. The maximum absolute atomic E-state index is 12.4. The Labute approximate surface area is 212 Å². The Morgan fingerprint density at radius 3 is 1.89 bits per heavy atom. The van der Waals surface area contributed by atoms with Crippen molar-refractivity contribution in [2.24, 2.45) is 5.73 Å². The lowest BCUT2D eigenvalue weighted by Crippen LogP contribution is -2.64. The zero-order chi connectivity index (χ0) is 28.3. The molecular formula is C23H31NO13. The van der Waals surface area contributed by atoms with Crippen LogP contribution in [0, 0.1) is 0 Å². The molecule has 1 aromatic rings. The molecule has 2 rings (SSSR count). The maximum Gasteiger partial charge on any atom is 0.339 e. The monoisotopic (exact) mass is 529 g/mol.